The Bertz CT molecular complexity index is 419. The van der Waals surface area contributed by atoms with Crippen LogP contribution in [-0.4, -0.2) is 22.8 Å². The molecule has 1 rings (SSSR count). The van der Waals surface area contributed by atoms with Crippen molar-refractivity contribution in [3.63, 3.8) is 0 Å². The van der Waals surface area contributed by atoms with Gasteiger partial charge in [0, 0.05) is 5.56 Å². The van der Waals surface area contributed by atoms with Crippen LogP contribution in [0.25, 0.3) is 0 Å². The van der Waals surface area contributed by atoms with Crippen LogP contribution >= 0.6 is 0 Å². The van der Waals surface area contributed by atoms with Crippen molar-refractivity contribution in [1.29, 1.82) is 0 Å². The Balaban J connectivity index is 2.92. The highest BCUT2D eigenvalue weighted by Crippen LogP contribution is 2.22. The fourth-order valence-corrected chi connectivity index (χ4v) is 1.34. The molecule has 0 spiro atoms. The van der Waals surface area contributed by atoms with Crippen LogP contribution in [0.3, 0.4) is 0 Å². The van der Waals surface area contributed by atoms with Gasteiger partial charge in [-0.2, -0.15) is 0 Å². The fourth-order valence-electron chi connectivity index (χ4n) is 1.34. The summed E-state index contributed by atoms with van der Waals surface area (Å²) in [6, 6.07) is 8.36. The van der Waals surface area contributed by atoms with Crippen LogP contribution in [-0.2, 0) is 14.3 Å². The van der Waals surface area contributed by atoms with Crippen LogP contribution in [0, 0.1) is 0 Å². The first-order valence-corrected chi connectivity index (χ1v) is 5.47. The second kappa shape index (κ2) is 5.53. The molecule has 0 aliphatic heterocycles. The smallest absolute Gasteiger partial charge is 0.457 e. The van der Waals surface area contributed by atoms with Crippen LogP contribution in [0.5, 0.6) is 0 Å². The molecular formula is C13H16O5. The topological polar surface area (TPSA) is 72.8 Å². The van der Waals surface area contributed by atoms with Gasteiger partial charge in [0.05, 0.1) is 0 Å². The lowest BCUT2D eigenvalue weighted by atomic mass is 10.1. The standard InChI is InChI=1S/C13H16O5/c1-13(2,3)18-11(14)10(17-12(15)16)9-7-5-4-6-8-9/h4-8,10H,1-3H3,(H,15,16). The van der Waals surface area contributed by atoms with Crippen molar-refractivity contribution in [2.24, 2.45) is 0 Å². The molecule has 18 heavy (non-hydrogen) atoms. The average molecular weight is 252 g/mol. The molecule has 0 aliphatic carbocycles. The van der Waals surface area contributed by atoms with Gasteiger partial charge in [-0.15, -0.1) is 0 Å². The summed E-state index contributed by atoms with van der Waals surface area (Å²) < 4.78 is 9.71. The molecule has 0 heterocycles. The maximum atomic E-state index is 11.9. The lowest BCUT2D eigenvalue weighted by Gasteiger charge is -2.23. The number of rotatable bonds is 3. The van der Waals surface area contributed by atoms with Gasteiger partial charge in [-0.3, -0.25) is 0 Å². The monoisotopic (exact) mass is 252 g/mol. The van der Waals surface area contributed by atoms with E-state index in [1.165, 1.54) is 0 Å². The summed E-state index contributed by atoms with van der Waals surface area (Å²) in [6.45, 7) is 5.11. The molecule has 0 saturated heterocycles. The van der Waals surface area contributed by atoms with Gasteiger partial charge in [0.15, 0.2) is 0 Å². The summed E-state index contributed by atoms with van der Waals surface area (Å²) in [5, 5.41) is 8.66. The molecule has 5 heteroatoms. The normalized spacial score (nSPS) is 12.6. The van der Waals surface area contributed by atoms with E-state index < -0.39 is 23.8 Å². The number of ether oxygens (including phenoxy) is 2. The third kappa shape index (κ3) is 4.45. The van der Waals surface area contributed by atoms with Crippen molar-refractivity contribution in [2.75, 3.05) is 0 Å². The summed E-state index contributed by atoms with van der Waals surface area (Å²) in [5.41, 5.74) is -0.263. The van der Waals surface area contributed by atoms with Crippen molar-refractivity contribution >= 4 is 12.1 Å². The average Bonchev–Trinajstić information content (AvgIpc) is 2.24. The highest BCUT2D eigenvalue weighted by atomic mass is 16.7. The van der Waals surface area contributed by atoms with Gasteiger partial charge in [0.25, 0.3) is 0 Å². The molecule has 0 aliphatic rings. The van der Waals surface area contributed by atoms with E-state index >= 15 is 0 Å². The molecule has 98 valence electrons. The first-order valence-electron chi connectivity index (χ1n) is 5.47. The van der Waals surface area contributed by atoms with Crippen molar-refractivity contribution < 1.29 is 24.2 Å². The number of hydrogen-bond donors (Lipinski definition) is 1. The summed E-state index contributed by atoms with van der Waals surface area (Å²) in [7, 11) is 0. The minimum absolute atomic E-state index is 0.439. The Morgan fingerprint density at radius 2 is 1.72 bits per heavy atom. The van der Waals surface area contributed by atoms with Crippen molar-refractivity contribution in [3.8, 4) is 0 Å². The Morgan fingerprint density at radius 3 is 2.17 bits per heavy atom. The zero-order chi connectivity index (χ0) is 13.8. The van der Waals surface area contributed by atoms with Crippen molar-refractivity contribution in [3.05, 3.63) is 35.9 Å². The Kier molecular flexibility index (Phi) is 4.31. The molecule has 0 saturated carbocycles. The zero-order valence-electron chi connectivity index (χ0n) is 10.5. The van der Waals surface area contributed by atoms with Crippen molar-refractivity contribution in [2.45, 2.75) is 32.5 Å². The number of carbonyl (C=O) groups is 2. The maximum absolute atomic E-state index is 11.9. The third-order valence-electron chi connectivity index (χ3n) is 1.94. The van der Waals surface area contributed by atoms with Gasteiger partial charge in [-0.25, -0.2) is 9.59 Å². The van der Waals surface area contributed by atoms with E-state index in [0.717, 1.165) is 0 Å². The predicted octanol–water partition coefficient (Wildman–Crippen LogP) is 2.76. The highest BCUT2D eigenvalue weighted by Gasteiger charge is 2.29. The van der Waals surface area contributed by atoms with E-state index in [1.807, 2.05) is 0 Å². The highest BCUT2D eigenvalue weighted by molar-refractivity contribution is 5.79. The van der Waals surface area contributed by atoms with E-state index in [1.54, 1.807) is 51.1 Å². The molecule has 1 aromatic carbocycles. The van der Waals surface area contributed by atoms with Crippen LogP contribution in [0.4, 0.5) is 4.79 Å². The minimum atomic E-state index is -1.52. The number of carbonyl (C=O) groups excluding carboxylic acids is 1. The molecule has 1 unspecified atom stereocenters. The molecule has 0 radical (unpaired) electrons. The minimum Gasteiger partial charge on any atom is -0.457 e. The van der Waals surface area contributed by atoms with Crippen LogP contribution < -0.4 is 0 Å². The van der Waals surface area contributed by atoms with Crippen molar-refractivity contribution in [1.82, 2.24) is 0 Å². The number of hydrogen-bond acceptors (Lipinski definition) is 4. The maximum Gasteiger partial charge on any atom is 0.506 e. The quantitative estimate of drug-likeness (QED) is 0.837. The Morgan fingerprint density at radius 1 is 1.17 bits per heavy atom. The van der Waals surface area contributed by atoms with Gasteiger partial charge in [0.2, 0.25) is 6.10 Å². The van der Waals surface area contributed by atoms with E-state index in [-0.39, 0.29) is 0 Å². The van der Waals surface area contributed by atoms with Gasteiger partial charge in [-0.05, 0) is 20.8 Å². The number of benzene rings is 1. The SMILES string of the molecule is CC(C)(C)OC(=O)C(OC(=O)O)c1ccccc1. The largest absolute Gasteiger partial charge is 0.506 e. The van der Waals surface area contributed by atoms with E-state index in [9.17, 15) is 9.59 Å². The van der Waals surface area contributed by atoms with Gasteiger partial charge in [-0.1, -0.05) is 30.3 Å². The number of esters is 1. The lowest BCUT2D eigenvalue weighted by molar-refractivity contribution is -0.166. The van der Waals surface area contributed by atoms with Gasteiger partial charge >= 0.3 is 12.1 Å². The number of carboxylic acid groups (broad SMARTS) is 1. The molecule has 1 aromatic rings. The molecular weight excluding hydrogens is 236 g/mol. The molecule has 0 aromatic heterocycles. The molecule has 1 atom stereocenters. The molecule has 0 bridgehead atoms. The van der Waals surface area contributed by atoms with Crippen LogP contribution in [0.15, 0.2) is 30.3 Å². The first kappa shape index (κ1) is 14.0. The van der Waals surface area contributed by atoms with E-state index in [4.69, 9.17) is 9.84 Å². The second-order valence-corrected chi connectivity index (χ2v) is 4.71. The second-order valence-electron chi connectivity index (χ2n) is 4.71. The van der Waals surface area contributed by atoms with E-state index in [0.29, 0.717) is 5.56 Å². The molecule has 1 N–H and O–H groups in total. The van der Waals surface area contributed by atoms with E-state index in [2.05, 4.69) is 4.74 Å². The van der Waals surface area contributed by atoms with Gasteiger partial charge in [0.1, 0.15) is 5.60 Å². The third-order valence-corrected chi connectivity index (χ3v) is 1.94. The van der Waals surface area contributed by atoms with Crippen LogP contribution in [0.2, 0.25) is 0 Å². The molecule has 0 fully saturated rings. The first-order chi connectivity index (χ1) is 8.29. The summed E-state index contributed by atoms with van der Waals surface area (Å²) >= 11 is 0. The molecule has 0 amide bonds. The van der Waals surface area contributed by atoms with Gasteiger partial charge < -0.3 is 14.6 Å². The van der Waals surface area contributed by atoms with Crippen LogP contribution in [0.1, 0.15) is 32.4 Å². The Labute approximate surface area is 105 Å². The fraction of sp³-hybridized carbons (Fsp3) is 0.385. The zero-order valence-corrected chi connectivity index (χ0v) is 10.5. The molecule has 5 nitrogen and oxygen atoms in total. The summed E-state index contributed by atoms with van der Waals surface area (Å²) in [6.07, 6.45) is -2.78. The summed E-state index contributed by atoms with van der Waals surface area (Å²) in [4.78, 5) is 22.5. The summed E-state index contributed by atoms with van der Waals surface area (Å²) in [5.74, 6) is -0.726. The lowest BCUT2D eigenvalue weighted by Crippen LogP contribution is -2.29. The predicted molar refractivity (Wildman–Crippen MR) is 64.1 cm³/mol. The Hall–Kier alpha value is -2.04.